The lowest BCUT2D eigenvalue weighted by Gasteiger charge is -2.11. The summed E-state index contributed by atoms with van der Waals surface area (Å²) in [6, 6.07) is 2.93. The highest BCUT2D eigenvalue weighted by atomic mass is 32.2. The maximum atomic E-state index is 12.7. The summed E-state index contributed by atoms with van der Waals surface area (Å²) in [5.41, 5.74) is -1.96. The van der Waals surface area contributed by atoms with Crippen LogP contribution in [0.1, 0.15) is 15.9 Å². The van der Waals surface area contributed by atoms with E-state index in [4.69, 9.17) is 5.11 Å². The van der Waals surface area contributed by atoms with Crippen LogP contribution in [0.4, 0.5) is 13.2 Å². The molecule has 0 amide bonds. The van der Waals surface area contributed by atoms with E-state index in [1.165, 1.54) is 12.4 Å². The second-order valence-corrected chi connectivity index (χ2v) is 4.88. The fourth-order valence-corrected chi connectivity index (χ4v) is 2.28. The molecule has 0 aliphatic carbocycles. The normalized spacial score (nSPS) is 11.6. The standard InChI is InChI=1S/C11H8F3N3O2S/c1-17-5-15-16-10(17)20-6-2-3-8(11(12,13)14)7(4-6)9(18)19/h2-5H,1H3,(H,18,19). The highest BCUT2D eigenvalue weighted by Crippen LogP contribution is 2.35. The van der Waals surface area contributed by atoms with Crippen LogP contribution in [0.5, 0.6) is 0 Å². The molecule has 0 unspecified atom stereocenters. The van der Waals surface area contributed by atoms with E-state index in [1.807, 2.05) is 0 Å². The number of alkyl halides is 3. The van der Waals surface area contributed by atoms with Crippen molar-refractivity contribution in [3.05, 3.63) is 35.7 Å². The molecule has 0 saturated heterocycles. The zero-order valence-electron chi connectivity index (χ0n) is 10.0. The van der Waals surface area contributed by atoms with Gasteiger partial charge in [-0.1, -0.05) is 0 Å². The summed E-state index contributed by atoms with van der Waals surface area (Å²) in [5.74, 6) is -1.63. The zero-order valence-corrected chi connectivity index (χ0v) is 10.9. The minimum Gasteiger partial charge on any atom is -0.478 e. The van der Waals surface area contributed by atoms with Gasteiger partial charge in [-0.15, -0.1) is 10.2 Å². The molecule has 5 nitrogen and oxygen atoms in total. The van der Waals surface area contributed by atoms with Gasteiger partial charge in [-0.2, -0.15) is 13.2 Å². The lowest BCUT2D eigenvalue weighted by molar-refractivity contribution is -0.138. The molecule has 0 saturated carbocycles. The van der Waals surface area contributed by atoms with Gasteiger partial charge < -0.3 is 9.67 Å². The van der Waals surface area contributed by atoms with E-state index in [2.05, 4.69) is 10.2 Å². The van der Waals surface area contributed by atoms with Gasteiger partial charge in [0, 0.05) is 11.9 Å². The molecule has 1 aromatic carbocycles. The molecule has 0 spiro atoms. The van der Waals surface area contributed by atoms with Gasteiger partial charge in [0.2, 0.25) is 0 Å². The molecule has 9 heteroatoms. The number of nitrogens with zero attached hydrogens (tertiary/aromatic N) is 3. The molecule has 0 fully saturated rings. The largest absolute Gasteiger partial charge is 0.478 e. The van der Waals surface area contributed by atoms with Crippen LogP contribution in [0.3, 0.4) is 0 Å². The molecule has 0 aliphatic heterocycles. The number of carbonyl (C=O) groups is 1. The van der Waals surface area contributed by atoms with E-state index in [9.17, 15) is 18.0 Å². The SMILES string of the molecule is Cn1cnnc1Sc1ccc(C(F)(F)F)c(C(=O)O)c1. The van der Waals surface area contributed by atoms with Crippen LogP contribution in [0.2, 0.25) is 0 Å². The van der Waals surface area contributed by atoms with Crippen LogP contribution >= 0.6 is 11.8 Å². The number of aromatic nitrogens is 3. The predicted molar refractivity (Wildman–Crippen MR) is 63.5 cm³/mol. The Labute approximate surface area is 115 Å². The minimum absolute atomic E-state index is 0.339. The van der Waals surface area contributed by atoms with Gasteiger partial charge in [-0.3, -0.25) is 0 Å². The monoisotopic (exact) mass is 303 g/mol. The number of carboxylic acids is 1. The molecule has 2 aromatic rings. The van der Waals surface area contributed by atoms with Crippen LogP contribution in [0.25, 0.3) is 0 Å². The number of halogens is 3. The highest BCUT2D eigenvalue weighted by Gasteiger charge is 2.35. The Morgan fingerprint density at radius 2 is 2.10 bits per heavy atom. The smallest absolute Gasteiger partial charge is 0.417 e. The van der Waals surface area contributed by atoms with E-state index in [1.54, 1.807) is 11.6 Å². The summed E-state index contributed by atoms with van der Waals surface area (Å²) in [6.45, 7) is 0. The summed E-state index contributed by atoms with van der Waals surface area (Å²) in [6.07, 6.45) is -3.27. The molecule has 0 atom stereocenters. The Kier molecular flexibility index (Phi) is 3.71. The van der Waals surface area contributed by atoms with Crippen molar-refractivity contribution < 1.29 is 23.1 Å². The Bertz CT molecular complexity index is 655. The first-order chi connectivity index (χ1) is 9.29. The molecular formula is C11H8F3N3O2S. The molecular weight excluding hydrogens is 295 g/mol. The second-order valence-electron chi connectivity index (χ2n) is 3.84. The molecule has 1 heterocycles. The van der Waals surface area contributed by atoms with E-state index in [0.29, 0.717) is 10.1 Å². The van der Waals surface area contributed by atoms with Gasteiger partial charge in [-0.05, 0) is 30.0 Å². The van der Waals surface area contributed by atoms with Crippen LogP contribution in [-0.2, 0) is 13.2 Å². The quantitative estimate of drug-likeness (QED) is 0.944. The third-order valence-corrected chi connectivity index (χ3v) is 3.45. The van der Waals surface area contributed by atoms with Crippen LogP contribution in [0, 0.1) is 0 Å². The Morgan fingerprint density at radius 1 is 1.40 bits per heavy atom. The molecule has 106 valence electrons. The molecule has 0 radical (unpaired) electrons. The van der Waals surface area contributed by atoms with Crippen molar-refractivity contribution >= 4 is 17.7 Å². The number of hydrogen-bond acceptors (Lipinski definition) is 4. The van der Waals surface area contributed by atoms with E-state index in [-0.39, 0.29) is 0 Å². The average molecular weight is 303 g/mol. The van der Waals surface area contributed by atoms with Gasteiger partial charge in [-0.25, -0.2) is 4.79 Å². The number of aryl methyl sites for hydroxylation is 1. The number of benzene rings is 1. The summed E-state index contributed by atoms with van der Waals surface area (Å²) in [5, 5.41) is 16.7. The molecule has 20 heavy (non-hydrogen) atoms. The van der Waals surface area contributed by atoms with Crippen molar-refractivity contribution in [2.45, 2.75) is 16.2 Å². The number of carboxylic acid groups (broad SMARTS) is 1. The minimum atomic E-state index is -4.71. The zero-order chi connectivity index (χ0) is 14.9. The second kappa shape index (κ2) is 5.16. The first kappa shape index (κ1) is 14.4. The fourth-order valence-electron chi connectivity index (χ4n) is 1.48. The topological polar surface area (TPSA) is 68.0 Å². The van der Waals surface area contributed by atoms with Gasteiger partial charge in [0.1, 0.15) is 6.33 Å². The van der Waals surface area contributed by atoms with Crippen molar-refractivity contribution in [3.63, 3.8) is 0 Å². The van der Waals surface area contributed by atoms with Crippen molar-refractivity contribution in [2.24, 2.45) is 7.05 Å². The molecule has 2 rings (SSSR count). The van der Waals surface area contributed by atoms with E-state index >= 15 is 0 Å². The average Bonchev–Trinajstić information content (AvgIpc) is 2.73. The predicted octanol–water partition coefficient (Wildman–Crippen LogP) is 2.68. The van der Waals surface area contributed by atoms with Crippen LogP contribution in [0.15, 0.2) is 34.6 Å². The van der Waals surface area contributed by atoms with Crippen molar-refractivity contribution in [1.29, 1.82) is 0 Å². The molecule has 1 aromatic heterocycles. The lowest BCUT2D eigenvalue weighted by Crippen LogP contribution is -2.12. The van der Waals surface area contributed by atoms with Crippen molar-refractivity contribution in [2.75, 3.05) is 0 Å². The van der Waals surface area contributed by atoms with Gasteiger partial charge in [0.05, 0.1) is 11.1 Å². The third kappa shape index (κ3) is 2.93. The maximum Gasteiger partial charge on any atom is 0.417 e. The van der Waals surface area contributed by atoms with Crippen molar-refractivity contribution in [1.82, 2.24) is 14.8 Å². The van der Waals surface area contributed by atoms with E-state index in [0.717, 1.165) is 23.9 Å². The first-order valence-electron chi connectivity index (χ1n) is 5.25. The maximum absolute atomic E-state index is 12.7. The number of rotatable bonds is 3. The third-order valence-electron chi connectivity index (χ3n) is 2.41. The van der Waals surface area contributed by atoms with Crippen LogP contribution in [-0.4, -0.2) is 25.8 Å². The summed E-state index contributed by atoms with van der Waals surface area (Å²) >= 11 is 1.03. The Balaban J connectivity index is 2.41. The van der Waals surface area contributed by atoms with Crippen LogP contribution < -0.4 is 0 Å². The molecule has 0 aliphatic rings. The molecule has 1 N–H and O–H groups in total. The lowest BCUT2D eigenvalue weighted by atomic mass is 10.1. The van der Waals surface area contributed by atoms with Gasteiger partial charge >= 0.3 is 12.1 Å². The fraction of sp³-hybridized carbons (Fsp3) is 0.182. The first-order valence-corrected chi connectivity index (χ1v) is 6.07. The molecule has 0 bridgehead atoms. The van der Waals surface area contributed by atoms with Crippen molar-refractivity contribution in [3.8, 4) is 0 Å². The Hall–Kier alpha value is -2.03. The van der Waals surface area contributed by atoms with Gasteiger partial charge in [0.25, 0.3) is 0 Å². The Morgan fingerprint density at radius 3 is 2.60 bits per heavy atom. The number of aromatic carboxylic acids is 1. The number of hydrogen-bond donors (Lipinski definition) is 1. The van der Waals surface area contributed by atoms with Gasteiger partial charge in [0.15, 0.2) is 5.16 Å². The summed E-state index contributed by atoms with van der Waals surface area (Å²) in [4.78, 5) is 11.3. The summed E-state index contributed by atoms with van der Waals surface area (Å²) in [7, 11) is 1.67. The van der Waals surface area contributed by atoms with E-state index < -0.39 is 23.3 Å². The summed E-state index contributed by atoms with van der Waals surface area (Å²) < 4.78 is 39.6. The highest BCUT2D eigenvalue weighted by molar-refractivity contribution is 7.99.